The van der Waals surface area contributed by atoms with Crippen molar-refractivity contribution in [2.75, 3.05) is 26.7 Å². The lowest BCUT2D eigenvalue weighted by molar-refractivity contribution is 0.219. The third-order valence-electron chi connectivity index (χ3n) is 3.13. The highest BCUT2D eigenvalue weighted by atomic mass is 19.1. The number of hydrogen-bond donors (Lipinski definition) is 1. The van der Waals surface area contributed by atoms with Gasteiger partial charge in [0.25, 0.3) is 0 Å². The van der Waals surface area contributed by atoms with Crippen LogP contribution in [0.15, 0.2) is 24.3 Å². The molecule has 0 aliphatic carbocycles. The predicted molar refractivity (Wildman–Crippen MR) is 57.2 cm³/mol. The summed E-state index contributed by atoms with van der Waals surface area (Å²) < 4.78 is 13.1. The summed E-state index contributed by atoms with van der Waals surface area (Å²) in [5.41, 5.74) is 0.999. The average molecular weight is 209 g/mol. The third kappa shape index (κ3) is 2.19. The Hall–Kier alpha value is -0.930. The Morgan fingerprint density at radius 3 is 2.93 bits per heavy atom. The summed E-state index contributed by atoms with van der Waals surface area (Å²) in [5.74, 6) is 0.297. The van der Waals surface area contributed by atoms with Crippen LogP contribution in [0.5, 0.6) is 0 Å². The molecule has 3 heteroatoms. The van der Waals surface area contributed by atoms with Crippen LogP contribution in [0.4, 0.5) is 4.39 Å². The number of benzene rings is 1. The highest BCUT2D eigenvalue weighted by Gasteiger charge is 2.31. The zero-order chi connectivity index (χ0) is 10.8. The molecule has 2 nitrogen and oxygen atoms in total. The lowest BCUT2D eigenvalue weighted by Gasteiger charge is -2.16. The molecule has 15 heavy (non-hydrogen) atoms. The van der Waals surface area contributed by atoms with Gasteiger partial charge in [0.05, 0.1) is 0 Å². The lowest BCUT2D eigenvalue weighted by Crippen LogP contribution is -2.15. The molecule has 1 aromatic carbocycles. The van der Waals surface area contributed by atoms with Crippen LogP contribution in [0.2, 0.25) is 0 Å². The van der Waals surface area contributed by atoms with Gasteiger partial charge < -0.3 is 10.0 Å². The zero-order valence-corrected chi connectivity index (χ0v) is 8.86. The van der Waals surface area contributed by atoms with Gasteiger partial charge in [0.2, 0.25) is 0 Å². The predicted octanol–water partition coefficient (Wildman–Crippen LogP) is 1.46. The molecule has 0 saturated carbocycles. The molecule has 0 aromatic heterocycles. The Balaban J connectivity index is 2.22. The maximum Gasteiger partial charge on any atom is 0.123 e. The Morgan fingerprint density at radius 1 is 1.47 bits per heavy atom. The quantitative estimate of drug-likeness (QED) is 0.797. The summed E-state index contributed by atoms with van der Waals surface area (Å²) in [6, 6.07) is 6.70. The smallest absolute Gasteiger partial charge is 0.123 e. The van der Waals surface area contributed by atoms with Gasteiger partial charge in [0.15, 0.2) is 0 Å². The normalized spacial score (nSPS) is 27.1. The van der Waals surface area contributed by atoms with E-state index in [1.807, 2.05) is 13.1 Å². The van der Waals surface area contributed by atoms with Crippen molar-refractivity contribution < 1.29 is 9.50 Å². The van der Waals surface area contributed by atoms with Gasteiger partial charge in [-0.15, -0.1) is 0 Å². The van der Waals surface area contributed by atoms with Crippen molar-refractivity contribution in [1.29, 1.82) is 0 Å². The molecular formula is C12H16FNO. The van der Waals surface area contributed by atoms with Crippen LogP contribution in [-0.2, 0) is 0 Å². The summed E-state index contributed by atoms with van der Waals surface area (Å²) in [5, 5.41) is 9.26. The molecule has 2 atom stereocenters. The van der Waals surface area contributed by atoms with Crippen molar-refractivity contribution >= 4 is 0 Å². The lowest BCUT2D eigenvalue weighted by atomic mass is 9.89. The molecular weight excluding hydrogens is 193 g/mol. The second-order valence-electron chi connectivity index (χ2n) is 4.33. The summed E-state index contributed by atoms with van der Waals surface area (Å²) in [7, 11) is 2.03. The van der Waals surface area contributed by atoms with Crippen molar-refractivity contribution in [2.45, 2.75) is 5.92 Å². The van der Waals surface area contributed by atoms with Crippen molar-refractivity contribution in [1.82, 2.24) is 4.90 Å². The summed E-state index contributed by atoms with van der Waals surface area (Å²) in [6.07, 6.45) is 0. The molecule has 1 fully saturated rings. The minimum absolute atomic E-state index is 0.172. The number of likely N-dealkylation sites (N-methyl/N-ethyl adjacent to an activating group) is 1. The molecule has 1 aromatic rings. The molecule has 0 spiro atoms. The fraction of sp³-hybridized carbons (Fsp3) is 0.500. The molecule has 2 rings (SSSR count). The van der Waals surface area contributed by atoms with Gasteiger partial charge in [-0.3, -0.25) is 0 Å². The van der Waals surface area contributed by atoms with E-state index in [0.29, 0.717) is 0 Å². The Kier molecular flexibility index (Phi) is 3.03. The van der Waals surface area contributed by atoms with Gasteiger partial charge in [-0.05, 0) is 24.7 Å². The fourth-order valence-corrected chi connectivity index (χ4v) is 2.39. The van der Waals surface area contributed by atoms with Gasteiger partial charge in [-0.25, -0.2) is 4.39 Å². The zero-order valence-electron chi connectivity index (χ0n) is 8.86. The van der Waals surface area contributed by atoms with E-state index in [9.17, 15) is 9.50 Å². The van der Waals surface area contributed by atoms with Crippen LogP contribution < -0.4 is 0 Å². The van der Waals surface area contributed by atoms with Crippen molar-refractivity contribution in [2.24, 2.45) is 5.92 Å². The van der Waals surface area contributed by atoms with Gasteiger partial charge in [0.1, 0.15) is 5.82 Å². The standard InChI is InChI=1S/C12H16FNO/c1-14-6-10(8-15)12(7-14)9-3-2-4-11(13)5-9/h2-5,10,12,15H,6-8H2,1H3/t10-,12-/m1/s1. The first-order chi connectivity index (χ1) is 7.20. The minimum atomic E-state index is -0.196. The summed E-state index contributed by atoms with van der Waals surface area (Å²) in [4.78, 5) is 2.18. The number of hydrogen-bond acceptors (Lipinski definition) is 2. The van der Waals surface area contributed by atoms with Crippen LogP contribution in [0.3, 0.4) is 0 Å². The molecule has 0 radical (unpaired) electrons. The molecule has 0 bridgehead atoms. The van der Waals surface area contributed by atoms with Crippen LogP contribution >= 0.6 is 0 Å². The van der Waals surface area contributed by atoms with E-state index in [0.717, 1.165) is 18.7 Å². The highest BCUT2D eigenvalue weighted by molar-refractivity contribution is 5.23. The molecule has 82 valence electrons. The third-order valence-corrected chi connectivity index (χ3v) is 3.13. The van der Waals surface area contributed by atoms with Crippen LogP contribution in [0.25, 0.3) is 0 Å². The van der Waals surface area contributed by atoms with E-state index < -0.39 is 0 Å². The van der Waals surface area contributed by atoms with Gasteiger partial charge in [-0.2, -0.15) is 0 Å². The molecule has 1 heterocycles. The largest absolute Gasteiger partial charge is 0.396 e. The van der Waals surface area contributed by atoms with Crippen molar-refractivity contribution in [3.63, 3.8) is 0 Å². The van der Waals surface area contributed by atoms with E-state index in [1.165, 1.54) is 6.07 Å². The molecule has 0 amide bonds. The maximum absolute atomic E-state index is 13.1. The van der Waals surface area contributed by atoms with Crippen molar-refractivity contribution in [3.8, 4) is 0 Å². The molecule has 1 N–H and O–H groups in total. The summed E-state index contributed by atoms with van der Waals surface area (Å²) in [6.45, 7) is 1.96. The molecule has 1 saturated heterocycles. The SMILES string of the molecule is CN1C[C@H](CO)[C@@H](c2cccc(F)c2)C1. The van der Waals surface area contributed by atoms with Gasteiger partial charge in [-0.1, -0.05) is 12.1 Å². The number of halogens is 1. The maximum atomic E-state index is 13.1. The molecule has 0 unspecified atom stereocenters. The first-order valence-corrected chi connectivity index (χ1v) is 5.25. The first kappa shape index (κ1) is 10.6. The first-order valence-electron chi connectivity index (χ1n) is 5.25. The number of likely N-dealkylation sites (tertiary alicyclic amines) is 1. The average Bonchev–Trinajstić information content (AvgIpc) is 2.59. The Labute approximate surface area is 89.3 Å². The minimum Gasteiger partial charge on any atom is -0.396 e. The monoisotopic (exact) mass is 209 g/mol. The Morgan fingerprint density at radius 2 is 2.27 bits per heavy atom. The van der Waals surface area contributed by atoms with Crippen LogP contribution in [0.1, 0.15) is 11.5 Å². The Bertz CT molecular complexity index is 342. The van der Waals surface area contributed by atoms with E-state index in [2.05, 4.69) is 4.90 Å². The topological polar surface area (TPSA) is 23.5 Å². The van der Waals surface area contributed by atoms with E-state index >= 15 is 0 Å². The van der Waals surface area contributed by atoms with Crippen LogP contribution in [-0.4, -0.2) is 36.8 Å². The molecule has 1 aliphatic rings. The summed E-state index contributed by atoms with van der Waals surface area (Å²) >= 11 is 0. The van der Waals surface area contributed by atoms with Crippen LogP contribution in [0, 0.1) is 11.7 Å². The van der Waals surface area contributed by atoms with E-state index in [4.69, 9.17) is 0 Å². The van der Waals surface area contributed by atoms with E-state index in [-0.39, 0.29) is 24.3 Å². The van der Waals surface area contributed by atoms with Crippen molar-refractivity contribution in [3.05, 3.63) is 35.6 Å². The molecule has 1 aliphatic heterocycles. The fourth-order valence-electron chi connectivity index (χ4n) is 2.39. The number of nitrogens with zero attached hydrogens (tertiary/aromatic N) is 1. The number of aliphatic hydroxyl groups excluding tert-OH is 1. The number of rotatable bonds is 2. The second-order valence-corrected chi connectivity index (χ2v) is 4.33. The van der Waals surface area contributed by atoms with E-state index in [1.54, 1.807) is 12.1 Å². The van der Waals surface area contributed by atoms with Gasteiger partial charge >= 0.3 is 0 Å². The number of aliphatic hydroxyl groups is 1. The second kappa shape index (κ2) is 4.29. The van der Waals surface area contributed by atoms with Gasteiger partial charge in [0, 0.05) is 31.5 Å². The highest BCUT2D eigenvalue weighted by Crippen LogP contribution is 2.31.